The van der Waals surface area contributed by atoms with Crippen molar-refractivity contribution in [1.82, 2.24) is 10.6 Å². The van der Waals surface area contributed by atoms with E-state index in [0.717, 1.165) is 18.8 Å². The smallest absolute Gasteiger partial charge is 0.328 e. The zero-order chi connectivity index (χ0) is 12.7. The summed E-state index contributed by atoms with van der Waals surface area (Å²) in [6.45, 7) is 0.548. The molecule has 0 aromatic rings. The molecule has 1 aliphatic carbocycles. The molecule has 0 bridgehead atoms. The van der Waals surface area contributed by atoms with Crippen molar-refractivity contribution in [3.05, 3.63) is 0 Å². The number of amides is 2. The zero-order valence-corrected chi connectivity index (χ0v) is 10.1. The van der Waals surface area contributed by atoms with Gasteiger partial charge in [0, 0.05) is 13.7 Å². The second-order valence-electron chi connectivity index (χ2n) is 4.33. The highest BCUT2D eigenvalue weighted by molar-refractivity contribution is 5.82. The van der Waals surface area contributed by atoms with Crippen LogP contribution in [-0.4, -0.2) is 43.4 Å². The van der Waals surface area contributed by atoms with Gasteiger partial charge >= 0.3 is 12.0 Å². The number of carbonyl (C=O) groups is 2. The van der Waals surface area contributed by atoms with Gasteiger partial charge in [-0.15, -0.1) is 0 Å². The van der Waals surface area contributed by atoms with Gasteiger partial charge in [0.1, 0.15) is 0 Å². The van der Waals surface area contributed by atoms with Gasteiger partial charge in [0.15, 0.2) is 6.04 Å². The maximum atomic E-state index is 11.4. The first-order valence-electron chi connectivity index (χ1n) is 5.89. The van der Waals surface area contributed by atoms with Crippen molar-refractivity contribution in [3.63, 3.8) is 0 Å². The molecule has 6 heteroatoms. The molecule has 1 unspecified atom stereocenters. The molecular formula is C11H20N2O4. The number of hydrogen-bond donors (Lipinski definition) is 3. The van der Waals surface area contributed by atoms with E-state index in [4.69, 9.17) is 9.84 Å². The van der Waals surface area contributed by atoms with E-state index in [1.807, 2.05) is 0 Å². The number of ether oxygens (including phenoxy) is 1. The van der Waals surface area contributed by atoms with E-state index in [1.165, 1.54) is 20.0 Å². The first kappa shape index (κ1) is 13.8. The minimum Gasteiger partial charge on any atom is -0.480 e. The van der Waals surface area contributed by atoms with Crippen LogP contribution in [0.25, 0.3) is 0 Å². The van der Waals surface area contributed by atoms with Crippen LogP contribution in [0.1, 0.15) is 25.7 Å². The monoisotopic (exact) mass is 244 g/mol. The Balaban J connectivity index is 2.09. The SMILES string of the molecule is COCC(NC(=O)NCCCC1CC1)C(=O)O. The minimum absolute atomic E-state index is 0.0369. The van der Waals surface area contributed by atoms with Crippen LogP contribution in [0, 0.1) is 5.92 Å². The van der Waals surface area contributed by atoms with E-state index in [1.54, 1.807) is 0 Å². The lowest BCUT2D eigenvalue weighted by Crippen LogP contribution is -2.48. The third kappa shape index (κ3) is 6.11. The Morgan fingerprint density at radius 1 is 1.47 bits per heavy atom. The molecule has 0 spiro atoms. The van der Waals surface area contributed by atoms with Gasteiger partial charge in [0.25, 0.3) is 0 Å². The van der Waals surface area contributed by atoms with Crippen LogP contribution in [0.3, 0.4) is 0 Å². The van der Waals surface area contributed by atoms with Crippen molar-refractivity contribution in [2.75, 3.05) is 20.3 Å². The molecule has 0 aromatic carbocycles. The molecule has 0 aromatic heterocycles. The van der Waals surface area contributed by atoms with Gasteiger partial charge in [-0.05, 0) is 18.8 Å². The van der Waals surface area contributed by atoms with Gasteiger partial charge in [0.2, 0.25) is 0 Å². The lowest BCUT2D eigenvalue weighted by atomic mass is 10.2. The summed E-state index contributed by atoms with van der Waals surface area (Å²) in [7, 11) is 1.39. The number of aliphatic carboxylic acids is 1. The van der Waals surface area contributed by atoms with Crippen molar-refractivity contribution in [2.45, 2.75) is 31.7 Å². The maximum Gasteiger partial charge on any atom is 0.328 e. The van der Waals surface area contributed by atoms with E-state index in [-0.39, 0.29) is 6.61 Å². The van der Waals surface area contributed by atoms with Gasteiger partial charge < -0.3 is 20.5 Å². The Kier molecular flexibility index (Phi) is 5.76. The van der Waals surface area contributed by atoms with Crippen molar-refractivity contribution >= 4 is 12.0 Å². The van der Waals surface area contributed by atoms with E-state index >= 15 is 0 Å². The summed E-state index contributed by atoms with van der Waals surface area (Å²) in [5, 5.41) is 13.8. The number of carbonyl (C=O) groups excluding carboxylic acids is 1. The predicted octanol–water partition coefficient (Wildman–Crippen LogP) is 0.575. The van der Waals surface area contributed by atoms with Crippen LogP contribution in [0.15, 0.2) is 0 Å². The Hall–Kier alpha value is -1.30. The highest BCUT2D eigenvalue weighted by atomic mass is 16.5. The van der Waals surface area contributed by atoms with E-state index < -0.39 is 18.0 Å². The second-order valence-corrected chi connectivity index (χ2v) is 4.33. The number of nitrogens with one attached hydrogen (secondary N) is 2. The minimum atomic E-state index is -1.10. The Morgan fingerprint density at radius 3 is 2.71 bits per heavy atom. The summed E-state index contributed by atoms with van der Waals surface area (Å²) in [6.07, 6.45) is 4.70. The Labute approximate surface area is 101 Å². The third-order valence-electron chi connectivity index (χ3n) is 2.71. The lowest BCUT2D eigenvalue weighted by molar-refractivity contribution is -0.140. The number of carboxylic acid groups (broad SMARTS) is 1. The largest absolute Gasteiger partial charge is 0.480 e. The summed E-state index contributed by atoms with van der Waals surface area (Å²) in [6, 6.07) is -1.45. The molecule has 1 rings (SSSR count). The summed E-state index contributed by atoms with van der Waals surface area (Å²) < 4.78 is 4.71. The normalized spacial score (nSPS) is 16.3. The van der Waals surface area contributed by atoms with Gasteiger partial charge in [0.05, 0.1) is 6.61 Å². The molecule has 0 aliphatic heterocycles. The van der Waals surface area contributed by atoms with Gasteiger partial charge in [-0.3, -0.25) is 0 Å². The standard InChI is InChI=1S/C11H20N2O4/c1-17-7-9(10(14)15)13-11(16)12-6-2-3-8-4-5-8/h8-9H,2-7H2,1H3,(H,14,15)(H2,12,13,16). The molecule has 0 heterocycles. The third-order valence-corrected chi connectivity index (χ3v) is 2.71. The van der Waals surface area contributed by atoms with Gasteiger partial charge in [-0.1, -0.05) is 12.8 Å². The summed E-state index contributed by atoms with van der Waals surface area (Å²) >= 11 is 0. The molecular weight excluding hydrogens is 224 g/mol. The van der Waals surface area contributed by atoms with Crippen LogP contribution in [-0.2, 0) is 9.53 Å². The maximum absolute atomic E-state index is 11.4. The summed E-state index contributed by atoms with van der Waals surface area (Å²) in [5.74, 6) is -0.250. The topological polar surface area (TPSA) is 87.7 Å². The second kappa shape index (κ2) is 7.11. The molecule has 98 valence electrons. The molecule has 1 aliphatic rings. The van der Waals surface area contributed by atoms with Crippen LogP contribution < -0.4 is 10.6 Å². The molecule has 3 N–H and O–H groups in total. The molecule has 17 heavy (non-hydrogen) atoms. The first-order valence-corrected chi connectivity index (χ1v) is 5.89. The van der Waals surface area contributed by atoms with Crippen LogP contribution in [0.5, 0.6) is 0 Å². The summed E-state index contributed by atoms with van der Waals surface area (Å²) in [4.78, 5) is 22.1. The average Bonchev–Trinajstić information content (AvgIpc) is 3.07. The predicted molar refractivity (Wildman–Crippen MR) is 61.8 cm³/mol. The quantitative estimate of drug-likeness (QED) is 0.545. The average molecular weight is 244 g/mol. The lowest BCUT2D eigenvalue weighted by Gasteiger charge is -2.14. The summed E-state index contributed by atoms with van der Waals surface area (Å²) in [5.41, 5.74) is 0. The van der Waals surface area contributed by atoms with Gasteiger partial charge in [-0.2, -0.15) is 0 Å². The van der Waals surface area contributed by atoms with Crippen molar-refractivity contribution < 1.29 is 19.4 Å². The molecule has 2 amide bonds. The Bertz CT molecular complexity index is 266. The van der Waals surface area contributed by atoms with Gasteiger partial charge in [-0.25, -0.2) is 9.59 Å². The van der Waals surface area contributed by atoms with E-state index in [9.17, 15) is 9.59 Å². The van der Waals surface area contributed by atoms with Crippen LogP contribution in [0.2, 0.25) is 0 Å². The molecule has 6 nitrogen and oxygen atoms in total. The zero-order valence-electron chi connectivity index (χ0n) is 10.1. The fourth-order valence-electron chi connectivity index (χ4n) is 1.55. The number of urea groups is 1. The highest BCUT2D eigenvalue weighted by Gasteiger charge is 2.21. The molecule has 1 atom stereocenters. The molecule has 0 radical (unpaired) electrons. The fraction of sp³-hybridized carbons (Fsp3) is 0.818. The number of rotatable bonds is 8. The van der Waals surface area contributed by atoms with Crippen LogP contribution in [0.4, 0.5) is 4.79 Å². The Morgan fingerprint density at radius 2 is 2.18 bits per heavy atom. The number of methoxy groups -OCH3 is 1. The first-order chi connectivity index (χ1) is 8.13. The van der Waals surface area contributed by atoms with Crippen LogP contribution >= 0.6 is 0 Å². The fourth-order valence-corrected chi connectivity index (χ4v) is 1.55. The highest BCUT2D eigenvalue weighted by Crippen LogP contribution is 2.33. The van der Waals surface area contributed by atoms with E-state index in [0.29, 0.717) is 6.54 Å². The number of carboxylic acids is 1. The number of hydrogen-bond acceptors (Lipinski definition) is 3. The van der Waals surface area contributed by atoms with Crippen molar-refractivity contribution in [3.8, 4) is 0 Å². The van der Waals surface area contributed by atoms with Crippen molar-refractivity contribution in [1.29, 1.82) is 0 Å². The van der Waals surface area contributed by atoms with E-state index in [2.05, 4.69) is 10.6 Å². The molecule has 1 fully saturated rings. The molecule has 0 saturated heterocycles. The molecule has 1 saturated carbocycles. The van der Waals surface area contributed by atoms with Crippen molar-refractivity contribution in [2.24, 2.45) is 5.92 Å².